The van der Waals surface area contributed by atoms with Crippen LogP contribution < -0.4 is 5.32 Å². The molecular weight excluding hydrogens is 202 g/mol. The van der Waals surface area contributed by atoms with Crippen LogP contribution >= 0.6 is 0 Å². The topological polar surface area (TPSA) is 39.1 Å². The fourth-order valence-electron chi connectivity index (χ4n) is 2.04. The maximum atomic E-state index is 5.42. The first-order chi connectivity index (χ1) is 7.61. The molecule has 90 valence electrons. The lowest BCUT2D eigenvalue weighted by atomic mass is 10.0. The minimum absolute atomic E-state index is 0.131. The number of ether oxygens (including phenoxy) is 1. The molecule has 1 aliphatic heterocycles. The molecule has 1 atom stereocenters. The van der Waals surface area contributed by atoms with Gasteiger partial charge in [0.2, 0.25) is 0 Å². The molecule has 1 fully saturated rings. The third-order valence-electron chi connectivity index (χ3n) is 3.22. The first-order valence-electron chi connectivity index (χ1n) is 5.94. The van der Waals surface area contributed by atoms with E-state index in [2.05, 4.69) is 35.6 Å². The van der Waals surface area contributed by atoms with Crippen molar-refractivity contribution in [1.82, 2.24) is 14.9 Å². The predicted molar refractivity (Wildman–Crippen MR) is 63.3 cm³/mol. The Morgan fingerprint density at radius 3 is 3.06 bits per heavy atom. The van der Waals surface area contributed by atoms with Crippen molar-refractivity contribution in [3.63, 3.8) is 0 Å². The van der Waals surface area contributed by atoms with Gasteiger partial charge in [-0.25, -0.2) is 4.98 Å². The second-order valence-electron chi connectivity index (χ2n) is 5.10. The molecule has 2 rings (SSSR count). The number of hydrogen-bond acceptors (Lipinski definition) is 3. The number of nitrogens with one attached hydrogen (secondary N) is 1. The Balaban J connectivity index is 1.96. The van der Waals surface area contributed by atoms with Crippen LogP contribution in [0.2, 0.25) is 0 Å². The molecule has 1 N–H and O–H groups in total. The second kappa shape index (κ2) is 4.55. The van der Waals surface area contributed by atoms with Gasteiger partial charge in [0.1, 0.15) is 0 Å². The van der Waals surface area contributed by atoms with Crippen LogP contribution in [0.5, 0.6) is 0 Å². The maximum Gasteiger partial charge on any atom is 0.0951 e. The Labute approximate surface area is 97.0 Å². The summed E-state index contributed by atoms with van der Waals surface area (Å²) in [5, 5.41) is 3.57. The zero-order chi connectivity index (χ0) is 11.6. The first-order valence-corrected chi connectivity index (χ1v) is 5.94. The summed E-state index contributed by atoms with van der Waals surface area (Å²) < 4.78 is 7.62. The molecule has 0 amide bonds. The predicted octanol–water partition coefficient (Wildman–Crippen LogP) is 1.73. The number of nitrogens with zero attached hydrogens (tertiary/aromatic N) is 2. The van der Waals surface area contributed by atoms with E-state index < -0.39 is 0 Å². The zero-order valence-corrected chi connectivity index (χ0v) is 10.4. The van der Waals surface area contributed by atoms with Gasteiger partial charge in [-0.15, -0.1) is 0 Å². The van der Waals surface area contributed by atoms with Crippen LogP contribution in [0.25, 0.3) is 0 Å². The molecule has 4 heteroatoms. The molecule has 1 unspecified atom stereocenters. The van der Waals surface area contributed by atoms with Gasteiger partial charge in [0.05, 0.1) is 18.6 Å². The summed E-state index contributed by atoms with van der Waals surface area (Å²) in [5.74, 6) is 0. The third-order valence-corrected chi connectivity index (χ3v) is 3.22. The van der Waals surface area contributed by atoms with Crippen molar-refractivity contribution < 1.29 is 4.74 Å². The maximum absolute atomic E-state index is 5.42. The largest absolute Gasteiger partial charge is 0.379 e. The Morgan fingerprint density at radius 1 is 1.62 bits per heavy atom. The van der Waals surface area contributed by atoms with Gasteiger partial charge >= 0.3 is 0 Å². The number of rotatable bonds is 4. The molecule has 0 bridgehead atoms. The molecule has 2 heterocycles. The van der Waals surface area contributed by atoms with Gasteiger partial charge in [-0.05, 0) is 27.2 Å². The van der Waals surface area contributed by atoms with Crippen LogP contribution in [0.4, 0.5) is 0 Å². The molecule has 1 aromatic heterocycles. The van der Waals surface area contributed by atoms with E-state index in [1.165, 1.54) is 5.69 Å². The summed E-state index contributed by atoms with van der Waals surface area (Å²) in [6, 6.07) is 0.465. The Kier molecular flexibility index (Phi) is 3.30. The van der Waals surface area contributed by atoms with Gasteiger partial charge < -0.3 is 14.6 Å². The van der Waals surface area contributed by atoms with Gasteiger partial charge in [-0.1, -0.05) is 0 Å². The fraction of sp³-hybridized carbons (Fsp3) is 0.750. The Hall–Kier alpha value is -0.870. The van der Waals surface area contributed by atoms with Crippen LogP contribution in [-0.4, -0.2) is 28.3 Å². The minimum atomic E-state index is 0.131. The lowest BCUT2D eigenvalue weighted by Crippen LogP contribution is -2.42. The van der Waals surface area contributed by atoms with Crippen molar-refractivity contribution in [2.45, 2.75) is 45.3 Å². The molecule has 1 saturated heterocycles. The fourth-order valence-corrected chi connectivity index (χ4v) is 2.04. The Morgan fingerprint density at radius 2 is 2.44 bits per heavy atom. The highest BCUT2D eigenvalue weighted by molar-refractivity contribution is 5.01. The number of hydrogen-bond donors (Lipinski definition) is 1. The van der Waals surface area contributed by atoms with Gasteiger partial charge in [0.25, 0.3) is 0 Å². The van der Waals surface area contributed by atoms with Crippen LogP contribution in [0.1, 0.15) is 38.9 Å². The van der Waals surface area contributed by atoms with Gasteiger partial charge in [0.15, 0.2) is 0 Å². The van der Waals surface area contributed by atoms with Crippen LogP contribution in [-0.2, 0) is 11.3 Å². The van der Waals surface area contributed by atoms with E-state index in [4.69, 9.17) is 4.74 Å². The lowest BCUT2D eigenvalue weighted by Gasteiger charge is -2.24. The highest BCUT2D eigenvalue weighted by Crippen LogP contribution is 2.18. The molecule has 1 aromatic rings. The summed E-state index contributed by atoms with van der Waals surface area (Å²) >= 11 is 0. The van der Waals surface area contributed by atoms with Gasteiger partial charge in [-0.2, -0.15) is 0 Å². The van der Waals surface area contributed by atoms with Crippen molar-refractivity contribution in [3.8, 4) is 0 Å². The third kappa shape index (κ3) is 2.44. The average Bonchev–Trinajstić information content (AvgIpc) is 2.83. The second-order valence-corrected chi connectivity index (χ2v) is 5.10. The molecule has 4 nitrogen and oxygen atoms in total. The summed E-state index contributed by atoms with van der Waals surface area (Å²) in [7, 11) is 0. The van der Waals surface area contributed by atoms with E-state index in [1.807, 2.05) is 12.5 Å². The minimum Gasteiger partial charge on any atom is -0.379 e. The SMILES string of the molecule is CC(C)n1cncc1CNC1(C)CCOC1. The van der Waals surface area contributed by atoms with E-state index in [0.29, 0.717) is 6.04 Å². The van der Waals surface area contributed by atoms with Crippen LogP contribution in [0.3, 0.4) is 0 Å². The molecule has 0 spiro atoms. The van der Waals surface area contributed by atoms with E-state index in [1.54, 1.807) is 0 Å². The zero-order valence-electron chi connectivity index (χ0n) is 10.4. The lowest BCUT2D eigenvalue weighted by molar-refractivity contribution is 0.171. The van der Waals surface area contributed by atoms with Gasteiger partial charge in [0, 0.05) is 30.9 Å². The molecule has 1 aliphatic rings. The summed E-state index contributed by atoms with van der Waals surface area (Å²) in [6.07, 6.45) is 4.92. The van der Waals surface area contributed by atoms with Crippen molar-refractivity contribution in [2.24, 2.45) is 0 Å². The highest BCUT2D eigenvalue weighted by atomic mass is 16.5. The molecule has 16 heavy (non-hydrogen) atoms. The highest BCUT2D eigenvalue weighted by Gasteiger charge is 2.29. The van der Waals surface area contributed by atoms with Gasteiger partial charge in [-0.3, -0.25) is 0 Å². The summed E-state index contributed by atoms with van der Waals surface area (Å²) in [5.41, 5.74) is 1.37. The van der Waals surface area contributed by atoms with Crippen molar-refractivity contribution in [1.29, 1.82) is 0 Å². The number of imidazole rings is 1. The summed E-state index contributed by atoms with van der Waals surface area (Å²) in [6.45, 7) is 9.10. The average molecular weight is 223 g/mol. The standard InChI is InChI=1S/C12H21N3O/c1-10(2)15-9-13-6-11(15)7-14-12(3)4-5-16-8-12/h6,9-10,14H,4-5,7-8H2,1-3H3. The molecular formula is C12H21N3O. The first kappa shape index (κ1) is 11.6. The van der Waals surface area contributed by atoms with Crippen molar-refractivity contribution >= 4 is 0 Å². The van der Waals surface area contributed by atoms with Crippen LogP contribution in [0.15, 0.2) is 12.5 Å². The smallest absolute Gasteiger partial charge is 0.0951 e. The quantitative estimate of drug-likeness (QED) is 0.845. The van der Waals surface area contributed by atoms with E-state index >= 15 is 0 Å². The van der Waals surface area contributed by atoms with E-state index in [-0.39, 0.29) is 5.54 Å². The van der Waals surface area contributed by atoms with Crippen molar-refractivity contribution in [2.75, 3.05) is 13.2 Å². The molecule has 0 aliphatic carbocycles. The molecule has 0 aromatic carbocycles. The molecule has 0 saturated carbocycles. The van der Waals surface area contributed by atoms with E-state index in [9.17, 15) is 0 Å². The van der Waals surface area contributed by atoms with Crippen LogP contribution in [0, 0.1) is 0 Å². The molecule has 0 radical (unpaired) electrons. The van der Waals surface area contributed by atoms with Crippen molar-refractivity contribution in [3.05, 3.63) is 18.2 Å². The normalized spacial score (nSPS) is 25.5. The number of aromatic nitrogens is 2. The Bertz CT molecular complexity index is 340. The van der Waals surface area contributed by atoms with E-state index in [0.717, 1.165) is 26.2 Å². The monoisotopic (exact) mass is 223 g/mol. The summed E-state index contributed by atoms with van der Waals surface area (Å²) in [4.78, 5) is 4.20.